The van der Waals surface area contributed by atoms with Gasteiger partial charge in [-0.05, 0) is 65.2 Å². The number of halogens is 1. The predicted octanol–water partition coefficient (Wildman–Crippen LogP) is 3.93. The van der Waals surface area contributed by atoms with Gasteiger partial charge in [-0.2, -0.15) is 5.10 Å². The molecule has 4 rings (SSSR count). The third kappa shape index (κ3) is 3.38. The summed E-state index contributed by atoms with van der Waals surface area (Å²) in [6, 6.07) is 12.9. The number of nitrogens with one attached hydrogen (secondary N) is 1. The highest BCUT2D eigenvalue weighted by molar-refractivity contribution is 9.10. The van der Waals surface area contributed by atoms with Gasteiger partial charge in [0, 0.05) is 10.0 Å². The molecular weight excluding hydrogens is 442 g/mol. The molecule has 0 radical (unpaired) electrons. The van der Waals surface area contributed by atoms with Gasteiger partial charge in [0.1, 0.15) is 5.82 Å². The third-order valence-corrected chi connectivity index (χ3v) is 7.01. The molecule has 6 nitrogen and oxygen atoms in total. The molecule has 1 aliphatic heterocycles. The van der Waals surface area contributed by atoms with E-state index in [4.69, 9.17) is 0 Å². The van der Waals surface area contributed by atoms with Gasteiger partial charge in [0.2, 0.25) is 0 Å². The molecule has 1 aliphatic rings. The number of nitrogens with zero attached hydrogens (tertiary/aromatic N) is 2. The lowest BCUT2D eigenvalue weighted by Crippen LogP contribution is -2.17. The van der Waals surface area contributed by atoms with E-state index in [0.717, 1.165) is 16.8 Å². The van der Waals surface area contributed by atoms with Crippen LogP contribution in [0, 0.1) is 13.8 Å². The van der Waals surface area contributed by atoms with Gasteiger partial charge in [0.25, 0.3) is 5.91 Å². The first-order chi connectivity index (χ1) is 13.2. The van der Waals surface area contributed by atoms with E-state index in [2.05, 4.69) is 26.3 Å². The monoisotopic (exact) mass is 459 g/mol. The molecule has 0 saturated carbocycles. The van der Waals surface area contributed by atoms with Crippen LogP contribution < -0.4 is 5.32 Å². The van der Waals surface area contributed by atoms with Crippen LogP contribution >= 0.6 is 15.9 Å². The summed E-state index contributed by atoms with van der Waals surface area (Å²) in [4.78, 5) is 12.9. The molecule has 1 amide bonds. The maximum atomic E-state index is 12.9. The summed E-state index contributed by atoms with van der Waals surface area (Å²) >= 11 is 3.38. The number of carbonyl (C=O) groups excluding carboxylic acids is 1. The molecule has 2 aromatic carbocycles. The summed E-state index contributed by atoms with van der Waals surface area (Å²) in [5.41, 5.74) is 4.51. The van der Waals surface area contributed by atoms with Crippen molar-refractivity contribution in [2.75, 3.05) is 5.32 Å². The van der Waals surface area contributed by atoms with Crippen molar-refractivity contribution in [2.24, 2.45) is 0 Å². The van der Waals surface area contributed by atoms with E-state index >= 15 is 0 Å². The van der Waals surface area contributed by atoms with E-state index in [1.807, 2.05) is 38.1 Å². The van der Waals surface area contributed by atoms with E-state index in [1.165, 1.54) is 0 Å². The zero-order valence-electron chi connectivity index (χ0n) is 15.4. The van der Waals surface area contributed by atoms with Crippen LogP contribution in [0.4, 0.5) is 5.82 Å². The van der Waals surface area contributed by atoms with E-state index in [0.29, 0.717) is 27.1 Å². The first-order valence-electron chi connectivity index (χ1n) is 8.70. The molecule has 28 heavy (non-hydrogen) atoms. The first kappa shape index (κ1) is 18.9. The summed E-state index contributed by atoms with van der Waals surface area (Å²) in [6.45, 7) is 4.02. The van der Waals surface area contributed by atoms with E-state index < -0.39 is 9.84 Å². The molecule has 0 saturated heterocycles. The molecule has 8 heteroatoms. The number of hydrogen-bond acceptors (Lipinski definition) is 4. The van der Waals surface area contributed by atoms with Gasteiger partial charge in [0.05, 0.1) is 28.5 Å². The second-order valence-corrected chi connectivity index (χ2v) is 9.84. The molecule has 0 bridgehead atoms. The van der Waals surface area contributed by atoms with E-state index in [9.17, 15) is 13.2 Å². The van der Waals surface area contributed by atoms with Crippen molar-refractivity contribution < 1.29 is 13.2 Å². The quantitative estimate of drug-likeness (QED) is 0.642. The van der Waals surface area contributed by atoms with Gasteiger partial charge in [-0.1, -0.05) is 18.2 Å². The fourth-order valence-corrected chi connectivity index (χ4v) is 5.19. The smallest absolute Gasteiger partial charge is 0.257 e. The standard InChI is InChI=1S/C20H18BrN3O3S/c1-12-7-8-14(9-13(12)2)24-19(16-10-28(26,27)11-18(16)23-24)22-20(25)15-5-3-4-6-17(15)21/h3-9H,10-11H2,1-2H3,(H,22,25). The molecule has 0 fully saturated rings. The van der Waals surface area contributed by atoms with Gasteiger partial charge in [-0.25, -0.2) is 13.1 Å². The van der Waals surface area contributed by atoms with Crippen molar-refractivity contribution in [1.29, 1.82) is 0 Å². The minimum Gasteiger partial charge on any atom is -0.306 e. The highest BCUT2D eigenvalue weighted by Gasteiger charge is 2.33. The van der Waals surface area contributed by atoms with Crippen molar-refractivity contribution in [3.05, 3.63) is 74.9 Å². The second-order valence-electron chi connectivity index (χ2n) is 6.92. The van der Waals surface area contributed by atoms with Crippen molar-refractivity contribution in [3.63, 3.8) is 0 Å². The van der Waals surface area contributed by atoms with E-state index in [-0.39, 0.29) is 17.4 Å². The largest absolute Gasteiger partial charge is 0.306 e. The van der Waals surface area contributed by atoms with Crippen LogP contribution in [0.5, 0.6) is 0 Å². The Morgan fingerprint density at radius 3 is 2.57 bits per heavy atom. The lowest BCUT2D eigenvalue weighted by molar-refractivity contribution is 0.102. The van der Waals surface area contributed by atoms with Crippen LogP contribution in [-0.4, -0.2) is 24.1 Å². The predicted molar refractivity (Wildman–Crippen MR) is 111 cm³/mol. The van der Waals surface area contributed by atoms with Crippen molar-refractivity contribution in [2.45, 2.75) is 25.4 Å². The zero-order chi connectivity index (χ0) is 20.1. The Hall–Kier alpha value is -2.45. The maximum Gasteiger partial charge on any atom is 0.257 e. The van der Waals surface area contributed by atoms with Crippen LogP contribution in [0.1, 0.15) is 32.7 Å². The summed E-state index contributed by atoms with van der Waals surface area (Å²) in [5, 5.41) is 7.39. The molecule has 0 spiro atoms. The van der Waals surface area contributed by atoms with Crippen LogP contribution in [0.2, 0.25) is 0 Å². The Kier molecular flexibility index (Phi) is 4.63. The average molecular weight is 460 g/mol. The summed E-state index contributed by atoms with van der Waals surface area (Å²) in [5.74, 6) is -0.166. The lowest BCUT2D eigenvalue weighted by atomic mass is 10.1. The van der Waals surface area contributed by atoms with Gasteiger partial charge in [0.15, 0.2) is 9.84 Å². The van der Waals surface area contributed by atoms with Gasteiger partial charge in [-0.3, -0.25) is 4.79 Å². The first-order valence-corrected chi connectivity index (χ1v) is 11.3. The minimum absolute atomic E-state index is 0.113. The zero-order valence-corrected chi connectivity index (χ0v) is 17.8. The molecule has 1 N–H and O–H groups in total. The van der Waals surface area contributed by atoms with Crippen molar-refractivity contribution in [3.8, 4) is 5.69 Å². The number of aromatic nitrogens is 2. The van der Waals surface area contributed by atoms with Crippen molar-refractivity contribution >= 4 is 37.5 Å². The number of hydrogen-bond donors (Lipinski definition) is 1. The van der Waals surface area contributed by atoms with Crippen LogP contribution in [-0.2, 0) is 21.3 Å². The number of anilines is 1. The van der Waals surface area contributed by atoms with Gasteiger partial charge < -0.3 is 5.32 Å². The topological polar surface area (TPSA) is 81.1 Å². The molecule has 0 unspecified atom stereocenters. The molecule has 2 heterocycles. The number of benzene rings is 2. The lowest BCUT2D eigenvalue weighted by Gasteiger charge is -2.13. The number of aryl methyl sites for hydroxylation is 2. The molecule has 1 aromatic heterocycles. The van der Waals surface area contributed by atoms with Crippen LogP contribution in [0.3, 0.4) is 0 Å². The molecule has 3 aromatic rings. The number of rotatable bonds is 3. The Morgan fingerprint density at radius 1 is 1.11 bits per heavy atom. The molecule has 0 aliphatic carbocycles. The van der Waals surface area contributed by atoms with Crippen LogP contribution in [0.25, 0.3) is 5.69 Å². The fraction of sp³-hybridized carbons (Fsp3) is 0.200. The van der Waals surface area contributed by atoms with Crippen LogP contribution in [0.15, 0.2) is 46.9 Å². The average Bonchev–Trinajstić information content (AvgIpc) is 3.10. The molecule has 144 valence electrons. The molecule has 0 atom stereocenters. The highest BCUT2D eigenvalue weighted by Crippen LogP contribution is 2.33. The second kappa shape index (κ2) is 6.86. The number of amides is 1. The Morgan fingerprint density at radius 2 is 1.86 bits per heavy atom. The summed E-state index contributed by atoms with van der Waals surface area (Å²) in [7, 11) is -3.24. The van der Waals surface area contributed by atoms with Gasteiger partial charge in [-0.15, -0.1) is 0 Å². The number of fused-ring (bicyclic) bond motifs is 1. The number of carbonyl (C=O) groups is 1. The normalized spacial score (nSPS) is 14.7. The highest BCUT2D eigenvalue weighted by atomic mass is 79.9. The van der Waals surface area contributed by atoms with Crippen molar-refractivity contribution in [1.82, 2.24) is 9.78 Å². The minimum atomic E-state index is -3.24. The van der Waals surface area contributed by atoms with E-state index in [1.54, 1.807) is 22.9 Å². The Bertz CT molecular complexity index is 1220. The molecular formula is C20H18BrN3O3S. The Labute approximate surface area is 171 Å². The summed E-state index contributed by atoms with van der Waals surface area (Å²) in [6.07, 6.45) is 0. The Balaban J connectivity index is 1.82. The van der Waals surface area contributed by atoms with Gasteiger partial charge >= 0.3 is 0 Å². The fourth-order valence-electron chi connectivity index (χ4n) is 3.24. The SMILES string of the molecule is Cc1ccc(-n2nc3c(c2NC(=O)c2ccccc2Br)CS(=O)(=O)C3)cc1C. The third-order valence-electron chi connectivity index (χ3n) is 4.87. The summed E-state index contributed by atoms with van der Waals surface area (Å²) < 4.78 is 26.5. The number of sulfone groups is 1. The maximum absolute atomic E-state index is 12.9.